The van der Waals surface area contributed by atoms with Crippen molar-refractivity contribution in [3.05, 3.63) is 115 Å². The van der Waals surface area contributed by atoms with Crippen LogP contribution >= 0.6 is 0 Å². The number of hydrogen-bond acceptors (Lipinski definition) is 7. The van der Waals surface area contributed by atoms with Crippen molar-refractivity contribution < 1.29 is 14.7 Å². The molecule has 0 aliphatic carbocycles. The van der Waals surface area contributed by atoms with E-state index in [4.69, 9.17) is 5.73 Å². The molecule has 2 heterocycles. The normalized spacial score (nSPS) is 11.5. The fraction of sp³-hybridized carbons (Fsp3) is 0.0333. The number of carbonyl (C=O) groups excluding carboxylic acids is 2. The maximum atomic E-state index is 12.8. The highest BCUT2D eigenvalue weighted by atomic mass is 16.3. The van der Waals surface area contributed by atoms with Gasteiger partial charge in [-0.2, -0.15) is 0 Å². The minimum Gasteiger partial charge on any atom is -0.375 e. The number of benzene rings is 3. The molecule has 0 spiro atoms. The second-order valence-electron chi connectivity index (χ2n) is 8.71. The fourth-order valence-electron chi connectivity index (χ4n) is 4.15. The number of pyridine rings is 1. The van der Waals surface area contributed by atoms with Crippen molar-refractivity contribution in [2.24, 2.45) is 5.73 Å². The SMILES string of the molecule is C=CC(=O)Nc1cccc(-c2cc(-c3ccc(C(=O)Nc4cc(C(N)O)ccn4)cc3)cc3cncnc23)c1. The Morgan fingerprint density at radius 3 is 2.51 bits per heavy atom. The third-order valence-electron chi connectivity index (χ3n) is 6.08. The predicted octanol–water partition coefficient (Wildman–Crippen LogP) is 4.69. The first kappa shape index (κ1) is 25.4. The molecule has 0 aliphatic heterocycles. The van der Waals surface area contributed by atoms with Crippen LogP contribution in [0, 0.1) is 0 Å². The summed E-state index contributed by atoms with van der Waals surface area (Å²) in [7, 11) is 0. The Labute approximate surface area is 224 Å². The van der Waals surface area contributed by atoms with Crippen LogP contribution < -0.4 is 16.4 Å². The summed E-state index contributed by atoms with van der Waals surface area (Å²) in [6.45, 7) is 3.50. The largest absolute Gasteiger partial charge is 0.375 e. The van der Waals surface area contributed by atoms with Crippen molar-refractivity contribution in [3.8, 4) is 22.3 Å². The number of nitrogens with two attached hydrogens (primary N) is 1. The number of carbonyl (C=O) groups is 2. The van der Waals surface area contributed by atoms with Gasteiger partial charge in [-0.1, -0.05) is 30.8 Å². The molecule has 1 unspecified atom stereocenters. The number of anilines is 2. The summed E-state index contributed by atoms with van der Waals surface area (Å²) in [5.41, 5.74) is 11.3. The maximum Gasteiger partial charge on any atom is 0.256 e. The molecule has 0 bridgehead atoms. The second-order valence-corrected chi connectivity index (χ2v) is 8.71. The smallest absolute Gasteiger partial charge is 0.256 e. The number of rotatable bonds is 7. The lowest BCUT2D eigenvalue weighted by Gasteiger charge is -2.12. The van der Waals surface area contributed by atoms with Gasteiger partial charge in [0, 0.05) is 40.2 Å². The number of nitrogens with one attached hydrogen (secondary N) is 2. The maximum absolute atomic E-state index is 12.8. The number of aromatic nitrogens is 3. The van der Waals surface area contributed by atoms with Crippen molar-refractivity contribution in [1.29, 1.82) is 0 Å². The van der Waals surface area contributed by atoms with Crippen molar-refractivity contribution in [2.75, 3.05) is 10.6 Å². The molecule has 39 heavy (non-hydrogen) atoms. The van der Waals surface area contributed by atoms with Gasteiger partial charge >= 0.3 is 0 Å². The quantitative estimate of drug-likeness (QED) is 0.182. The number of nitrogens with zero attached hydrogens (tertiary/aromatic N) is 3. The molecule has 0 fully saturated rings. The van der Waals surface area contributed by atoms with E-state index >= 15 is 0 Å². The zero-order chi connectivity index (χ0) is 27.4. The van der Waals surface area contributed by atoms with Crippen molar-refractivity contribution in [3.63, 3.8) is 0 Å². The van der Waals surface area contributed by atoms with Crippen LogP contribution in [0.1, 0.15) is 22.1 Å². The number of aliphatic hydroxyl groups excluding tert-OH is 1. The Kier molecular flexibility index (Phi) is 7.17. The first-order valence-corrected chi connectivity index (χ1v) is 12.0. The van der Waals surface area contributed by atoms with E-state index < -0.39 is 6.23 Å². The molecule has 0 aliphatic rings. The van der Waals surface area contributed by atoms with E-state index in [1.54, 1.807) is 30.5 Å². The highest BCUT2D eigenvalue weighted by Crippen LogP contribution is 2.34. The fourth-order valence-corrected chi connectivity index (χ4v) is 4.15. The summed E-state index contributed by atoms with van der Waals surface area (Å²) in [6.07, 6.45) is 4.78. The molecule has 192 valence electrons. The third kappa shape index (κ3) is 5.69. The first-order valence-electron chi connectivity index (χ1n) is 12.0. The Balaban J connectivity index is 1.46. The molecule has 0 saturated heterocycles. The summed E-state index contributed by atoms with van der Waals surface area (Å²) in [4.78, 5) is 37.4. The molecule has 9 nitrogen and oxygen atoms in total. The molecule has 1 atom stereocenters. The molecule has 5 N–H and O–H groups in total. The monoisotopic (exact) mass is 516 g/mol. The minimum atomic E-state index is -1.16. The highest BCUT2D eigenvalue weighted by molar-refractivity contribution is 6.04. The summed E-state index contributed by atoms with van der Waals surface area (Å²) in [5, 5.41) is 15.9. The van der Waals surface area contributed by atoms with Crippen LogP contribution in [0.25, 0.3) is 33.2 Å². The molecule has 2 amide bonds. The van der Waals surface area contributed by atoms with Crippen LogP contribution in [0.5, 0.6) is 0 Å². The number of fused-ring (bicyclic) bond motifs is 1. The van der Waals surface area contributed by atoms with E-state index in [1.165, 1.54) is 24.7 Å². The Morgan fingerprint density at radius 1 is 0.923 bits per heavy atom. The number of hydrogen-bond donors (Lipinski definition) is 4. The van der Waals surface area contributed by atoms with Gasteiger partial charge < -0.3 is 21.5 Å². The lowest BCUT2D eigenvalue weighted by atomic mass is 9.95. The van der Waals surface area contributed by atoms with Gasteiger partial charge in [0.15, 0.2) is 0 Å². The molecule has 3 aromatic carbocycles. The highest BCUT2D eigenvalue weighted by Gasteiger charge is 2.13. The molecule has 9 heteroatoms. The Bertz CT molecular complexity index is 1700. The Hall–Kier alpha value is -5.25. The first-order chi connectivity index (χ1) is 18.9. The number of aliphatic hydroxyl groups is 1. The average Bonchev–Trinajstić information content (AvgIpc) is 2.96. The van der Waals surface area contributed by atoms with Gasteiger partial charge in [0.25, 0.3) is 5.91 Å². The lowest BCUT2D eigenvalue weighted by Crippen LogP contribution is -2.14. The van der Waals surface area contributed by atoms with E-state index in [1.807, 2.05) is 42.5 Å². The molecular formula is C30H24N6O3. The van der Waals surface area contributed by atoms with Crippen LogP contribution in [0.4, 0.5) is 11.5 Å². The molecule has 0 radical (unpaired) electrons. The van der Waals surface area contributed by atoms with E-state index in [0.29, 0.717) is 16.8 Å². The topological polar surface area (TPSA) is 143 Å². The van der Waals surface area contributed by atoms with Gasteiger partial charge in [-0.3, -0.25) is 9.59 Å². The van der Waals surface area contributed by atoms with E-state index in [9.17, 15) is 14.7 Å². The molecule has 0 saturated carbocycles. The van der Waals surface area contributed by atoms with E-state index in [2.05, 4.69) is 32.2 Å². The van der Waals surface area contributed by atoms with Crippen molar-refractivity contribution in [2.45, 2.75) is 6.23 Å². The third-order valence-corrected chi connectivity index (χ3v) is 6.08. The predicted molar refractivity (Wildman–Crippen MR) is 151 cm³/mol. The summed E-state index contributed by atoms with van der Waals surface area (Å²) < 4.78 is 0. The van der Waals surface area contributed by atoms with Crippen LogP contribution in [-0.4, -0.2) is 31.9 Å². The zero-order valence-electron chi connectivity index (χ0n) is 20.7. The average molecular weight is 517 g/mol. The van der Waals surface area contributed by atoms with Gasteiger partial charge in [-0.25, -0.2) is 15.0 Å². The Morgan fingerprint density at radius 2 is 1.74 bits per heavy atom. The van der Waals surface area contributed by atoms with Gasteiger partial charge in [0.05, 0.1) is 5.52 Å². The van der Waals surface area contributed by atoms with Crippen LogP contribution in [0.3, 0.4) is 0 Å². The van der Waals surface area contributed by atoms with Gasteiger partial charge in [0.1, 0.15) is 18.4 Å². The van der Waals surface area contributed by atoms with E-state index in [-0.39, 0.29) is 17.6 Å². The summed E-state index contributed by atoms with van der Waals surface area (Å²) in [5.74, 6) is -0.349. The second kappa shape index (κ2) is 11.0. The summed E-state index contributed by atoms with van der Waals surface area (Å²) >= 11 is 0. The van der Waals surface area contributed by atoms with Crippen LogP contribution in [-0.2, 0) is 4.79 Å². The number of amides is 2. The van der Waals surface area contributed by atoms with Gasteiger partial charge in [-0.05, 0) is 71.3 Å². The molecule has 5 aromatic rings. The van der Waals surface area contributed by atoms with Gasteiger partial charge in [-0.15, -0.1) is 0 Å². The van der Waals surface area contributed by atoms with Crippen LogP contribution in [0.15, 0.2) is 104 Å². The lowest BCUT2D eigenvalue weighted by molar-refractivity contribution is -0.111. The van der Waals surface area contributed by atoms with Crippen molar-refractivity contribution >= 4 is 34.2 Å². The molecule has 2 aromatic heterocycles. The summed E-state index contributed by atoms with van der Waals surface area (Å²) in [6, 6.07) is 21.8. The van der Waals surface area contributed by atoms with Crippen molar-refractivity contribution in [1.82, 2.24) is 15.0 Å². The zero-order valence-corrected chi connectivity index (χ0v) is 20.7. The van der Waals surface area contributed by atoms with E-state index in [0.717, 1.165) is 33.2 Å². The molecule has 5 rings (SSSR count). The van der Waals surface area contributed by atoms with Crippen LogP contribution in [0.2, 0.25) is 0 Å². The minimum absolute atomic E-state index is 0.289. The van der Waals surface area contributed by atoms with Gasteiger partial charge in [0.2, 0.25) is 5.91 Å². The molecular weight excluding hydrogens is 492 g/mol. The standard InChI is InChI=1S/C30H24N6O3/c1-2-27(37)35-24-5-3-4-20(13-24)25-14-22(12-23-16-32-17-34-28(23)25)18-6-8-19(9-7-18)30(39)36-26-15-21(29(31)38)10-11-33-26/h2-17,29,38H,1,31H2,(H,35,37)(H,33,36,39).